The maximum Gasteiger partial charge on any atom is 0.0957 e. The van der Waals surface area contributed by atoms with Crippen molar-refractivity contribution in [3.05, 3.63) is 47.3 Å². The molecule has 0 saturated heterocycles. The van der Waals surface area contributed by atoms with E-state index in [4.69, 9.17) is 0 Å². The van der Waals surface area contributed by atoms with E-state index in [1.165, 1.54) is 11.1 Å². The molecule has 0 radical (unpaired) electrons. The van der Waals surface area contributed by atoms with E-state index < -0.39 is 0 Å². The van der Waals surface area contributed by atoms with Gasteiger partial charge in [-0.15, -0.1) is 0 Å². The molecule has 1 heterocycles. The second kappa shape index (κ2) is 1.91. The Morgan fingerprint density at radius 1 is 1.08 bits per heavy atom. The Balaban J connectivity index is 2.33. The summed E-state index contributed by atoms with van der Waals surface area (Å²) in [4.78, 5) is 0. The Bertz CT molecular complexity index is 439. The van der Waals surface area contributed by atoms with Gasteiger partial charge in [0, 0.05) is 5.57 Å². The predicted molar refractivity (Wildman–Crippen MR) is 47.3 cm³/mol. The van der Waals surface area contributed by atoms with Crippen molar-refractivity contribution >= 4 is 11.6 Å². The first-order valence-corrected chi connectivity index (χ1v) is 3.88. The smallest absolute Gasteiger partial charge is 0.0957 e. The van der Waals surface area contributed by atoms with Crippen LogP contribution >= 0.6 is 0 Å². The van der Waals surface area contributed by atoms with E-state index in [9.17, 15) is 0 Å². The lowest BCUT2D eigenvalue weighted by molar-refractivity contribution is 1.25. The number of nitrogens with zero attached hydrogens (tertiary/aromatic N) is 2. The lowest BCUT2D eigenvalue weighted by Crippen LogP contribution is -1.78. The van der Waals surface area contributed by atoms with Crippen molar-refractivity contribution in [3.63, 3.8) is 0 Å². The van der Waals surface area contributed by atoms with Crippen molar-refractivity contribution in [2.24, 2.45) is 10.2 Å². The van der Waals surface area contributed by atoms with E-state index in [1.807, 2.05) is 18.3 Å². The summed E-state index contributed by atoms with van der Waals surface area (Å²) in [5, 5.41) is 7.87. The van der Waals surface area contributed by atoms with Gasteiger partial charge < -0.3 is 0 Å². The quantitative estimate of drug-likeness (QED) is 0.549. The van der Waals surface area contributed by atoms with E-state index in [2.05, 4.69) is 28.4 Å². The van der Waals surface area contributed by atoms with E-state index in [0.717, 1.165) is 11.3 Å². The van der Waals surface area contributed by atoms with Crippen molar-refractivity contribution in [3.8, 4) is 0 Å². The summed E-state index contributed by atoms with van der Waals surface area (Å²) in [7, 11) is 0. The van der Waals surface area contributed by atoms with Gasteiger partial charge in [0.15, 0.2) is 0 Å². The largest absolute Gasteiger partial charge is 0.158 e. The summed E-state index contributed by atoms with van der Waals surface area (Å²) in [5.74, 6) is 0. The zero-order valence-corrected chi connectivity index (χ0v) is 6.36. The van der Waals surface area contributed by atoms with Crippen LogP contribution in [0.25, 0.3) is 11.6 Å². The van der Waals surface area contributed by atoms with E-state index in [1.54, 1.807) is 0 Å². The van der Waals surface area contributed by atoms with Crippen LogP contribution in [0.1, 0.15) is 11.1 Å². The van der Waals surface area contributed by atoms with Crippen LogP contribution in [0.4, 0.5) is 0 Å². The Hall–Kier alpha value is -1.70. The Morgan fingerprint density at radius 3 is 3.00 bits per heavy atom. The van der Waals surface area contributed by atoms with Crippen molar-refractivity contribution in [2.75, 3.05) is 0 Å². The van der Waals surface area contributed by atoms with Gasteiger partial charge >= 0.3 is 0 Å². The average Bonchev–Trinajstić information content (AvgIpc) is 2.62. The summed E-state index contributed by atoms with van der Waals surface area (Å²) >= 11 is 0. The standard InChI is InChI=1S/C10H6N2/c1-2-4-8-7(3-1)5-10-9(8)6-11-12-10/h1-6H. The summed E-state index contributed by atoms with van der Waals surface area (Å²) < 4.78 is 0. The molecule has 0 N–H and O–H groups in total. The summed E-state index contributed by atoms with van der Waals surface area (Å²) in [6, 6.07) is 8.27. The summed E-state index contributed by atoms with van der Waals surface area (Å²) in [6.45, 7) is 0. The molecule has 0 spiro atoms. The van der Waals surface area contributed by atoms with Crippen LogP contribution in [-0.4, -0.2) is 0 Å². The second-order valence-corrected chi connectivity index (χ2v) is 2.88. The van der Waals surface area contributed by atoms with Gasteiger partial charge in [-0.3, -0.25) is 0 Å². The van der Waals surface area contributed by atoms with Crippen LogP contribution in [0.3, 0.4) is 0 Å². The lowest BCUT2D eigenvalue weighted by atomic mass is 10.1. The van der Waals surface area contributed by atoms with Crippen molar-refractivity contribution in [1.82, 2.24) is 0 Å². The molecule has 0 aromatic heterocycles. The maximum atomic E-state index is 4.01. The first kappa shape index (κ1) is 5.89. The minimum atomic E-state index is 0.996. The van der Waals surface area contributed by atoms with E-state index in [0.29, 0.717) is 0 Å². The second-order valence-electron chi connectivity index (χ2n) is 2.88. The molecule has 56 valence electrons. The minimum absolute atomic E-state index is 0.996. The highest BCUT2D eigenvalue weighted by Gasteiger charge is 2.20. The molecular weight excluding hydrogens is 148 g/mol. The van der Waals surface area contributed by atoms with Crippen LogP contribution in [0.5, 0.6) is 0 Å². The molecule has 0 fully saturated rings. The topological polar surface area (TPSA) is 24.7 Å². The molecule has 2 heteroatoms. The number of azo groups is 1. The average molecular weight is 154 g/mol. The number of benzene rings is 1. The highest BCUT2D eigenvalue weighted by Crippen LogP contribution is 2.38. The van der Waals surface area contributed by atoms with Crippen LogP contribution in [0.2, 0.25) is 0 Å². The molecule has 0 atom stereocenters. The molecule has 0 amide bonds. The van der Waals surface area contributed by atoms with Gasteiger partial charge in [-0.2, -0.15) is 10.2 Å². The van der Waals surface area contributed by atoms with Crippen molar-refractivity contribution in [1.29, 1.82) is 0 Å². The zero-order chi connectivity index (χ0) is 7.97. The fourth-order valence-electron chi connectivity index (χ4n) is 1.60. The highest BCUT2D eigenvalue weighted by molar-refractivity contribution is 5.94. The van der Waals surface area contributed by atoms with Gasteiger partial charge in [0.05, 0.1) is 11.9 Å². The third-order valence-corrected chi connectivity index (χ3v) is 2.17. The van der Waals surface area contributed by atoms with Gasteiger partial charge in [-0.25, -0.2) is 0 Å². The maximum absolute atomic E-state index is 4.01. The molecule has 1 aromatic carbocycles. The minimum Gasteiger partial charge on any atom is -0.158 e. The molecule has 2 aliphatic rings. The molecule has 1 aromatic rings. The van der Waals surface area contributed by atoms with Gasteiger partial charge in [0.1, 0.15) is 0 Å². The molecule has 3 rings (SSSR count). The van der Waals surface area contributed by atoms with Gasteiger partial charge in [0.25, 0.3) is 0 Å². The van der Waals surface area contributed by atoms with Crippen molar-refractivity contribution < 1.29 is 0 Å². The van der Waals surface area contributed by atoms with Crippen molar-refractivity contribution in [2.45, 2.75) is 0 Å². The van der Waals surface area contributed by atoms with Crippen LogP contribution in [-0.2, 0) is 0 Å². The first-order chi connectivity index (χ1) is 5.95. The SMILES string of the molecule is C1=C2N=NC=C2c2ccccc21. The highest BCUT2D eigenvalue weighted by atomic mass is 15.1. The molecular formula is C10H6N2. The fraction of sp³-hybridized carbons (Fsp3) is 0. The Labute approximate surface area is 69.9 Å². The summed E-state index contributed by atoms with van der Waals surface area (Å²) in [6.07, 6.45) is 3.88. The van der Waals surface area contributed by atoms with E-state index >= 15 is 0 Å². The van der Waals surface area contributed by atoms with Crippen LogP contribution < -0.4 is 0 Å². The number of allylic oxidation sites excluding steroid dienone is 1. The number of rotatable bonds is 0. The molecule has 0 saturated carbocycles. The molecule has 2 nitrogen and oxygen atoms in total. The van der Waals surface area contributed by atoms with Gasteiger partial charge in [-0.05, 0) is 17.2 Å². The molecule has 12 heavy (non-hydrogen) atoms. The number of hydrogen-bond donors (Lipinski definition) is 0. The Kier molecular flexibility index (Phi) is 0.939. The zero-order valence-electron chi connectivity index (χ0n) is 6.36. The van der Waals surface area contributed by atoms with Crippen LogP contribution in [0.15, 0.2) is 46.4 Å². The third-order valence-electron chi connectivity index (χ3n) is 2.17. The van der Waals surface area contributed by atoms with Gasteiger partial charge in [-0.1, -0.05) is 24.3 Å². The molecule has 1 aliphatic heterocycles. The monoisotopic (exact) mass is 154 g/mol. The van der Waals surface area contributed by atoms with E-state index in [-0.39, 0.29) is 0 Å². The third kappa shape index (κ3) is 0.593. The lowest BCUT2D eigenvalue weighted by Gasteiger charge is -1.96. The number of fused-ring (bicyclic) bond motifs is 3. The first-order valence-electron chi connectivity index (χ1n) is 3.88. The van der Waals surface area contributed by atoms with Gasteiger partial charge in [0.2, 0.25) is 0 Å². The fourth-order valence-corrected chi connectivity index (χ4v) is 1.60. The molecule has 0 bridgehead atoms. The predicted octanol–water partition coefficient (Wildman–Crippen LogP) is 2.85. The Morgan fingerprint density at radius 2 is 2.00 bits per heavy atom. The molecule has 0 unspecified atom stereocenters. The summed E-state index contributed by atoms with van der Waals surface area (Å²) in [5.41, 5.74) is 4.65. The normalized spacial score (nSPS) is 17.0. The number of hydrogen-bond acceptors (Lipinski definition) is 2. The van der Waals surface area contributed by atoms with Crippen LogP contribution in [0, 0.1) is 0 Å². The molecule has 1 aliphatic carbocycles.